The molecule has 0 spiro atoms. The second kappa shape index (κ2) is 6.35. The number of hydrogen-bond donors (Lipinski definition) is 1. The van der Waals surface area contributed by atoms with Gasteiger partial charge in [0.1, 0.15) is 5.54 Å². The van der Waals surface area contributed by atoms with Crippen molar-refractivity contribution in [3.05, 3.63) is 70.3 Å². The summed E-state index contributed by atoms with van der Waals surface area (Å²) in [5.41, 5.74) is -0.0244. The second-order valence-electron chi connectivity index (χ2n) is 6.64. The Hall–Kier alpha value is -3.93. The van der Waals surface area contributed by atoms with Gasteiger partial charge in [0.25, 0.3) is 5.91 Å². The maximum Gasteiger partial charge on any atom is 0.350 e. The second-order valence-corrected chi connectivity index (χ2v) is 6.64. The molecule has 1 aliphatic heterocycles. The Labute approximate surface area is 159 Å². The molecule has 0 saturated carbocycles. The lowest BCUT2D eigenvalue weighted by Gasteiger charge is -2.22. The summed E-state index contributed by atoms with van der Waals surface area (Å²) in [6.45, 7) is 1.72. The first-order valence-electron chi connectivity index (χ1n) is 8.63. The van der Waals surface area contributed by atoms with Gasteiger partial charge in [-0.25, -0.2) is 14.3 Å². The van der Waals surface area contributed by atoms with Crippen molar-refractivity contribution in [1.82, 2.24) is 24.4 Å². The van der Waals surface area contributed by atoms with Crippen LogP contribution in [0.25, 0.3) is 5.65 Å². The lowest BCUT2D eigenvalue weighted by atomic mass is 9.91. The molecule has 2 aromatic heterocycles. The zero-order valence-electron chi connectivity index (χ0n) is 15.0. The van der Waals surface area contributed by atoms with Gasteiger partial charge in [-0.05, 0) is 36.8 Å². The minimum absolute atomic E-state index is 0.0142. The summed E-state index contributed by atoms with van der Waals surface area (Å²) in [4.78, 5) is 38.8. The van der Waals surface area contributed by atoms with E-state index in [1.807, 2.05) is 6.07 Å². The zero-order valence-corrected chi connectivity index (χ0v) is 15.0. The highest BCUT2D eigenvalue weighted by Crippen LogP contribution is 2.28. The van der Waals surface area contributed by atoms with Crippen LogP contribution < -0.4 is 11.0 Å². The summed E-state index contributed by atoms with van der Waals surface area (Å²) in [6, 6.07) is 13.2. The normalized spacial score (nSPS) is 19.1. The Kier molecular flexibility index (Phi) is 3.96. The van der Waals surface area contributed by atoms with Gasteiger partial charge in [-0.1, -0.05) is 18.2 Å². The van der Waals surface area contributed by atoms with Gasteiger partial charge in [-0.3, -0.25) is 14.1 Å². The molecule has 0 bridgehead atoms. The van der Waals surface area contributed by atoms with Crippen LogP contribution in [0.3, 0.4) is 0 Å². The fourth-order valence-corrected chi connectivity index (χ4v) is 3.28. The fourth-order valence-electron chi connectivity index (χ4n) is 3.28. The van der Waals surface area contributed by atoms with Gasteiger partial charge in [0.2, 0.25) is 0 Å². The number of carbonyl (C=O) groups is 2. The molecule has 0 radical (unpaired) electrons. The van der Waals surface area contributed by atoms with E-state index in [4.69, 9.17) is 5.26 Å². The molecular weight excluding hydrogens is 360 g/mol. The maximum atomic E-state index is 12.9. The van der Waals surface area contributed by atoms with Crippen molar-refractivity contribution in [3.63, 3.8) is 0 Å². The third-order valence-electron chi connectivity index (χ3n) is 4.89. The van der Waals surface area contributed by atoms with Crippen LogP contribution in [0.5, 0.6) is 0 Å². The third-order valence-corrected chi connectivity index (χ3v) is 4.89. The standard InChI is InChI=1S/C19H16N6O3/c1-19(14-7-5-13(12-20)6-8-14)16(26)24(17(27)21-19)10-11-25-18(28)23-9-3-2-4-15(23)22-25/h2-9H,10-11H2,1H3,(H,21,27). The van der Waals surface area contributed by atoms with E-state index in [9.17, 15) is 14.4 Å². The van der Waals surface area contributed by atoms with E-state index in [0.29, 0.717) is 16.8 Å². The molecule has 9 heteroatoms. The van der Waals surface area contributed by atoms with E-state index >= 15 is 0 Å². The van der Waals surface area contributed by atoms with Crippen LogP contribution in [-0.4, -0.2) is 37.6 Å². The SMILES string of the molecule is CC1(c2ccc(C#N)cc2)NC(=O)N(CCn2nc3ccccn3c2=O)C1=O. The Balaban J connectivity index is 1.56. The average Bonchev–Trinajstić information content (AvgIpc) is 3.14. The first-order valence-corrected chi connectivity index (χ1v) is 8.63. The third kappa shape index (κ3) is 2.63. The summed E-state index contributed by atoms with van der Waals surface area (Å²) in [5, 5.41) is 15.8. The van der Waals surface area contributed by atoms with E-state index in [2.05, 4.69) is 10.4 Å². The Morgan fingerprint density at radius 3 is 2.54 bits per heavy atom. The molecule has 3 heterocycles. The van der Waals surface area contributed by atoms with E-state index in [1.54, 1.807) is 55.6 Å². The van der Waals surface area contributed by atoms with Gasteiger partial charge in [-0.2, -0.15) is 5.26 Å². The van der Waals surface area contributed by atoms with Crippen LogP contribution in [0.4, 0.5) is 4.79 Å². The Morgan fingerprint density at radius 1 is 1.11 bits per heavy atom. The van der Waals surface area contributed by atoms with Crippen molar-refractivity contribution >= 4 is 17.6 Å². The van der Waals surface area contributed by atoms with Crippen molar-refractivity contribution in [2.75, 3.05) is 6.54 Å². The summed E-state index contributed by atoms with van der Waals surface area (Å²) in [5.74, 6) is -0.418. The van der Waals surface area contributed by atoms with E-state index in [1.165, 1.54) is 9.08 Å². The smallest absolute Gasteiger partial charge is 0.319 e. The number of fused-ring (bicyclic) bond motifs is 1. The number of hydrogen-bond acceptors (Lipinski definition) is 5. The summed E-state index contributed by atoms with van der Waals surface area (Å²) in [7, 11) is 0. The molecule has 3 aromatic rings. The minimum atomic E-state index is -1.23. The van der Waals surface area contributed by atoms with Gasteiger partial charge in [-0.15, -0.1) is 5.10 Å². The van der Waals surface area contributed by atoms with Crippen LogP contribution >= 0.6 is 0 Å². The predicted octanol–water partition coefficient (Wildman–Crippen LogP) is 0.835. The van der Waals surface area contributed by atoms with E-state index in [-0.39, 0.29) is 18.8 Å². The molecule has 4 rings (SSSR count). The van der Waals surface area contributed by atoms with Crippen LogP contribution in [0.15, 0.2) is 53.5 Å². The monoisotopic (exact) mass is 376 g/mol. The fraction of sp³-hybridized carbons (Fsp3) is 0.211. The number of nitrogens with one attached hydrogen (secondary N) is 1. The molecule has 1 aromatic carbocycles. The highest BCUT2D eigenvalue weighted by atomic mass is 16.2. The molecule has 1 fully saturated rings. The molecule has 28 heavy (non-hydrogen) atoms. The minimum Gasteiger partial charge on any atom is -0.319 e. The highest BCUT2D eigenvalue weighted by molar-refractivity contribution is 6.07. The van der Waals surface area contributed by atoms with Crippen LogP contribution in [-0.2, 0) is 16.9 Å². The molecule has 9 nitrogen and oxygen atoms in total. The quantitative estimate of drug-likeness (QED) is 0.678. The van der Waals surface area contributed by atoms with E-state index in [0.717, 1.165) is 4.90 Å². The molecule has 1 N–H and O–H groups in total. The molecule has 1 aliphatic rings. The van der Waals surface area contributed by atoms with Crippen molar-refractivity contribution < 1.29 is 9.59 Å². The highest BCUT2D eigenvalue weighted by Gasteiger charge is 2.48. The zero-order chi connectivity index (χ0) is 19.9. The number of carbonyl (C=O) groups excluding carboxylic acids is 2. The molecule has 140 valence electrons. The summed E-state index contributed by atoms with van der Waals surface area (Å²) >= 11 is 0. The first-order chi connectivity index (χ1) is 13.4. The summed E-state index contributed by atoms with van der Waals surface area (Å²) in [6.07, 6.45) is 1.61. The van der Waals surface area contributed by atoms with Crippen LogP contribution in [0.1, 0.15) is 18.1 Å². The predicted molar refractivity (Wildman–Crippen MR) is 98.2 cm³/mol. The summed E-state index contributed by atoms with van der Waals surface area (Å²) < 4.78 is 2.63. The lowest BCUT2D eigenvalue weighted by Crippen LogP contribution is -2.41. The molecular formula is C19H16N6O3. The maximum absolute atomic E-state index is 12.9. The first kappa shape index (κ1) is 17.5. The van der Waals surface area contributed by atoms with Crippen molar-refractivity contribution in [3.8, 4) is 6.07 Å². The number of aromatic nitrogens is 3. The number of rotatable bonds is 4. The largest absolute Gasteiger partial charge is 0.350 e. The van der Waals surface area contributed by atoms with Crippen molar-refractivity contribution in [2.24, 2.45) is 0 Å². The van der Waals surface area contributed by atoms with E-state index < -0.39 is 17.5 Å². The molecule has 1 saturated heterocycles. The number of nitrogens with zero attached hydrogens (tertiary/aromatic N) is 5. The van der Waals surface area contributed by atoms with Gasteiger partial charge in [0.05, 0.1) is 24.7 Å². The average molecular weight is 376 g/mol. The molecule has 0 aliphatic carbocycles. The van der Waals surface area contributed by atoms with Crippen LogP contribution in [0.2, 0.25) is 0 Å². The number of nitriles is 1. The topological polar surface area (TPSA) is 112 Å². The van der Waals surface area contributed by atoms with Crippen molar-refractivity contribution in [1.29, 1.82) is 5.26 Å². The molecule has 1 unspecified atom stereocenters. The van der Waals surface area contributed by atoms with Gasteiger partial charge < -0.3 is 5.32 Å². The van der Waals surface area contributed by atoms with Crippen LogP contribution in [0, 0.1) is 11.3 Å². The Morgan fingerprint density at radius 2 is 1.86 bits per heavy atom. The molecule has 1 atom stereocenters. The van der Waals surface area contributed by atoms with Gasteiger partial charge in [0.15, 0.2) is 5.65 Å². The van der Waals surface area contributed by atoms with Gasteiger partial charge in [0, 0.05) is 6.20 Å². The number of amides is 3. The molecule has 3 amide bonds. The van der Waals surface area contributed by atoms with Crippen molar-refractivity contribution in [2.45, 2.75) is 19.0 Å². The number of urea groups is 1. The number of pyridine rings is 1. The number of benzene rings is 1. The van der Waals surface area contributed by atoms with Gasteiger partial charge >= 0.3 is 11.7 Å². The number of imide groups is 1. The Bertz CT molecular complexity index is 1190. The lowest BCUT2D eigenvalue weighted by molar-refractivity contribution is -0.131.